The first-order valence-electron chi connectivity index (χ1n) is 11.7. The second kappa shape index (κ2) is 7.51. The van der Waals surface area contributed by atoms with Gasteiger partial charge in [0.2, 0.25) is 0 Å². The SMILES string of the molecule is CC12CCC(C(Sc3ncnc4c3c(-c3ccccc3)cn4-c3cccc(F)c3)C1=O)C2(C)C. The summed E-state index contributed by atoms with van der Waals surface area (Å²) < 4.78 is 16.0. The third-order valence-electron chi connectivity index (χ3n) is 8.43. The van der Waals surface area contributed by atoms with Crippen molar-refractivity contribution in [1.29, 1.82) is 0 Å². The molecule has 0 saturated heterocycles. The second-order valence-corrected chi connectivity index (χ2v) is 11.4. The molecule has 4 nitrogen and oxygen atoms in total. The molecule has 2 aliphatic carbocycles. The van der Waals surface area contributed by atoms with Crippen LogP contribution in [0, 0.1) is 22.6 Å². The van der Waals surface area contributed by atoms with Crippen molar-refractivity contribution in [3.05, 3.63) is 72.9 Å². The van der Waals surface area contributed by atoms with Crippen LogP contribution in [0.25, 0.3) is 27.8 Å². The van der Waals surface area contributed by atoms with Gasteiger partial charge in [-0.3, -0.25) is 4.79 Å². The Bertz CT molecular complexity index is 1430. The van der Waals surface area contributed by atoms with Gasteiger partial charge < -0.3 is 4.57 Å². The lowest BCUT2D eigenvalue weighted by Crippen LogP contribution is -2.34. The number of hydrogen-bond donors (Lipinski definition) is 0. The van der Waals surface area contributed by atoms with E-state index in [0.717, 1.165) is 34.4 Å². The van der Waals surface area contributed by atoms with Gasteiger partial charge in [-0.2, -0.15) is 0 Å². The van der Waals surface area contributed by atoms with Gasteiger partial charge in [0.15, 0.2) is 5.78 Å². The standard InChI is InChI=1S/C28H26FN3OS/c1-27(2)21-12-13-28(27,3)24(33)23(21)34-26-22-20(17-8-5-4-6-9-17)15-32(25(22)30-16-31-26)19-11-7-10-18(29)14-19/h4-11,14-16,21,23H,12-13H2,1-3H3. The van der Waals surface area contributed by atoms with Gasteiger partial charge in [0.25, 0.3) is 0 Å². The van der Waals surface area contributed by atoms with Gasteiger partial charge in [-0.1, -0.05) is 68.9 Å². The number of carbonyl (C=O) groups excluding carboxylic acids is 1. The second-order valence-electron chi connectivity index (χ2n) is 10.2. The van der Waals surface area contributed by atoms with Gasteiger partial charge in [-0.15, -0.1) is 0 Å². The monoisotopic (exact) mass is 471 g/mol. The maximum atomic E-state index is 14.1. The summed E-state index contributed by atoms with van der Waals surface area (Å²) in [5.41, 5.74) is 3.12. The Kier molecular flexibility index (Phi) is 4.75. The van der Waals surface area contributed by atoms with Crippen molar-refractivity contribution in [3.63, 3.8) is 0 Å². The van der Waals surface area contributed by atoms with Crippen molar-refractivity contribution in [1.82, 2.24) is 14.5 Å². The number of ketones is 1. The molecule has 4 aromatic rings. The number of carbonyl (C=O) groups is 1. The molecule has 2 aliphatic rings. The Balaban J connectivity index is 1.53. The molecule has 3 atom stereocenters. The molecular weight excluding hydrogens is 445 g/mol. The van der Waals surface area contributed by atoms with E-state index in [1.807, 2.05) is 35.0 Å². The zero-order valence-electron chi connectivity index (χ0n) is 19.5. The lowest BCUT2D eigenvalue weighted by molar-refractivity contribution is -0.127. The van der Waals surface area contributed by atoms with Gasteiger partial charge in [0.1, 0.15) is 22.8 Å². The molecule has 6 rings (SSSR count). The van der Waals surface area contributed by atoms with Crippen LogP contribution in [0.5, 0.6) is 0 Å². The topological polar surface area (TPSA) is 47.8 Å². The van der Waals surface area contributed by atoms with Crippen molar-refractivity contribution < 1.29 is 9.18 Å². The van der Waals surface area contributed by atoms with Crippen LogP contribution in [0.3, 0.4) is 0 Å². The van der Waals surface area contributed by atoms with Crippen LogP contribution in [0.1, 0.15) is 33.6 Å². The fourth-order valence-corrected chi connectivity index (χ4v) is 7.72. The Morgan fingerprint density at radius 3 is 2.56 bits per heavy atom. The number of thioether (sulfide) groups is 1. The zero-order valence-corrected chi connectivity index (χ0v) is 20.3. The minimum absolute atomic E-state index is 0.0242. The first-order valence-corrected chi connectivity index (χ1v) is 12.6. The highest BCUT2D eigenvalue weighted by Gasteiger charge is 2.66. The van der Waals surface area contributed by atoms with E-state index in [2.05, 4.69) is 42.9 Å². The summed E-state index contributed by atoms with van der Waals surface area (Å²) in [5, 5.41) is 1.60. The van der Waals surface area contributed by atoms with Crippen molar-refractivity contribution >= 4 is 28.6 Å². The molecule has 2 bridgehead atoms. The fraction of sp³-hybridized carbons (Fsp3) is 0.321. The molecule has 0 aliphatic heterocycles. The summed E-state index contributed by atoms with van der Waals surface area (Å²) in [6.45, 7) is 6.63. The van der Waals surface area contributed by atoms with Crippen molar-refractivity contribution in [3.8, 4) is 16.8 Å². The number of Topliss-reactive ketones (excluding diaryl/α,β-unsaturated/α-hetero) is 1. The Morgan fingerprint density at radius 2 is 1.85 bits per heavy atom. The average Bonchev–Trinajstić information content (AvgIpc) is 3.37. The van der Waals surface area contributed by atoms with E-state index < -0.39 is 0 Å². The molecule has 34 heavy (non-hydrogen) atoms. The molecule has 2 fully saturated rings. The molecule has 2 aromatic heterocycles. The lowest BCUT2D eigenvalue weighted by atomic mass is 9.70. The quantitative estimate of drug-likeness (QED) is 0.310. The number of rotatable bonds is 4. The molecule has 2 aromatic carbocycles. The van der Waals surface area contributed by atoms with Crippen molar-refractivity contribution in [2.75, 3.05) is 0 Å². The van der Waals surface area contributed by atoms with Gasteiger partial charge in [0, 0.05) is 22.9 Å². The number of benzene rings is 2. The number of aromatic nitrogens is 3. The fourth-order valence-electron chi connectivity index (χ4n) is 6.04. The highest BCUT2D eigenvalue weighted by Crippen LogP contribution is 2.66. The van der Waals surface area contributed by atoms with E-state index in [9.17, 15) is 9.18 Å². The Hall–Kier alpha value is -2.99. The van der Waals surface area contributed by atoms with Crippen LogP contribution in [0.4, 0.5) is 4.39 Å². The lowest BCUT2D eigenvalue weighted by Gasteiger charge is -2.32. The molecule has 172 valence electrons. The molecular formula is C28H26FN3OS. The Labute approximate surface area is 202 Å². The summed E-state index contributed by atoms with van der Waals surface area (Å²) in [7, 11) is 0. The normalized spacial score (nSPS) is 25.4. The molecule has 0 radical (unpaired) electrons. The van der Waals surface area contributed by atoms with E-state index in [1.165, 1.54) is 12.1 Å². The summed E-state index contributed by atoms with van der Waals surface area (Å²) >= 11 is 1.59. The van der Waals surface area contributed by atoms with Crippen molar-refractivity contribution in [2.24, 2.45) is 16.7 Å². The molecule has 3 unspecified atom stereocenters. The number of fused-ring (bicyclic) bond motifs is 3. The predicted octanol–water partition coefficient (Wildman–Crippen LogP) is 6.71. The first-order chi connectivity index (χ1) is 16.3. The van der Waals surface area contributed by atoms with Crippen molar-refractivity contribution in [2.45, 2.75) is 43.9 Å². The van der Waals surface area contributed by atoms with E-state index in [1.54, 1.807) is 24.2 Å². The maximum Gasteiger partial charge on any atom is 0.152 e. The largest absolute Gasteiger partial charge is 0.300 e. The van der Waals surface area contributed by atoms with Crippen LogP contribution in [0.2, 0.25) is 0 Å². The van der Waals surface area contributed by atoms with Gasteiger partial charge >= 0.3 is 0 Å². The number of hydrogen-bond acceptors (Lipinski definition) is 4. The van der Waals surface area contributed by atoms with Gasteiger partial charge in [0.05, 0.1) is 10.6 Å². The summed E-state index contributed by atoms with van der Waals surface area (Å²) in [5.74, 6) is 0.370. The predicted molar refractivity (Wildman–Crippen MR) is 134 cm³/mol. The highest BCUT2D eigenvalue weighted by atomic mass is 32.2. The van der Waals surface area contributed by atoms with Crippen LogP contribution >= 0.6 is 11.8 Å². The highest BCUT2D eigenvalue weighted by molar-refractivity contribution is 8.00. The maximum absolute atomic E-state index is 14.1. The van der Waals surface area contributed by atoms with Crippen LogP contribution < -0.4 is 0 Å². The van der Waals surface area contributed by atoms with Crippen LogP contribution in [-0.4, -0.2) is 25.6 Å². The molecule has 2 heterocycles. The third kappa shape index (κ3) is 2.94. The molecule has 0 amide bonds. The molecule has 0 N–H and O–H groups in total. The molecule has 6 heteroatoms. The van der Waals surface area contributed by atoms with E-state index in [0.29, 0.717) is 23.0 Å². The van der Waals surface area contributed by atoms with E-state index in [-0.39, 0.29) is 21.9 Å². The smallest absolute Gasteiger partial charge is 0.152 e. The first kappa shape index (κ1) is 21.5. The van der Waals surface area contributed by atoms with E-state index >= 15 is 0 Å². The number of nitrogens with zero attached hydrogens (tertiary/aromatic N) is 3. The van der Waals surface area contributed by atoms with Gasteiger partial charge in [-0.25, -0.2) is 14.4 Å². The summed E-state index contributed by atoms with van der Waals surface area (Å²) in [6.07, 6.45) is 5.59. The molecule has 0 spiro atoms. The minimum Gasteiger partial charge on any atom is -0.300 e. The minimum atomic E-state index is -0.299. The van der Waals surface area contributed by atoms with E-state index in [4.69, 9.17) is 0 Å². The van der Waals surface area contributed by atoms with Crippen LogP contribution in [0.15, 0.2) is 72.1 Å². The molecule has 2 saturated carbocycles. The Morgan fingerprint density at radius 1 is 1.06 bits per heavy atom. The van der Waals surface area contributed by atoms with Gasteiger partial charge in [-0.05, 0) is 47.9 Å². The third-order valence-corrected chi connectivity index (χ3v) is 9.76. The summed E-state index contributed by atoms with van der Waals surface area (Å²) in [6, 6.07) is 16.6. The number of halogens is 1. The average molecular weight is 472 g/mol. The zero-order chi connectivity index (χ0) is 23.7. The van der Waals surface area contributed by atoms with Crippen LogP contribution in [-0.2, 0) is 4.79 Å². The summed E-state index contributed by atoms with van der Waals surface area (Å²) in [4.78, 5) is 22.8.